The molecule has 0 radical (unpaired) electrons. The first-order chi connectivity index (χ1) is 7.83. The number of hydrogen-bond acceptors (Lipinski definition) is 3. The van der Waals surface area contributed by atoms with Crippen molar-refractivity contribution in [1.29, 1.82) is 0 Å². The number of piperidine rings is 1. The lowest BCUT2D eigenvalue weighted by Gasteiger charge is -2.38. The Hall–Kier alpha value is -0.930. The highest BCUT2D eigenvalue weighted by molar-refractivity contribution is 5.08. The third kappa shape index (κ3) is 2.42. The molecule has 1 aliphatic heterocycles. The van der Waals surface area contributed by atoms with E-state index in [1.807, 2.05) is 18.3 Å². The number of hydrogen-bond donors (Lipinski definition) is 1. The average Bonchev–Trinajstić information content (AvgIpc) is 2.39. The molecule has 3 heteroatoms. The Labute approximate surface area is 97.1 Å². The highest BCUT2D eigenvalue weighted by Crippen LogP contribution is 2.26. The first-order valence-corrected chi connectivity index (χ1v) is 6.10. The van der Waals surface area contributed by atoms with Crippen LogP contribution in [0.5, 0.6) is 0 Å². The van der Waals surface area contributed by atoms with Crippen LogP contribution in [-0.4, -0.2) is 34.2 Å². The maximum atomic E-state index is 9.40. The number of nitrogens with zero attached hydrogens (tertiary/aromatic N) is 2. The van der Waals surface area contributed by atoms with Crippen molar-refractivity contribution in [3.8, 4) is 0 Å². The first-order valence-electron chi connectivity index (χ1n) is 6.10. The van der Waals surface area contributed by atoms with Crippen LogP contribution in [0.4, 0.5) is 0 Å². The summed E-state index contributed by atoms with van der Waals surface area (Å²) in [6, 6.07) is 6.64. The Morgan fingerprint density at radius 3 is 3.06 bits per heavy atom. The van der Waals surface area contributed by atoms with E-state index in [-0.39, 0.29) is 6.61 Å². The van der Waals surface area contributed by atoms with Gasteiger partial charge in [0.1, 0.15) is 0 Å². The summed E-state index contributed by atoms with van der Waals surface area (Å²) in [7, 11) is 0. The molecule has 1 aromatic rings. The molecule has 1 aliphatic rings. The van der Waals surface area contributed by atoms with Gasteiger partial charge in [-0.05, 0) is 38.4 Å². The summed E-state index contributed by atoms with van der Waals surface area (Å²) in [5.41, 5.74) is 1.10. The van der Waals surface area contributed by atoms with Crippen molar-refractivity contribution in [2.24, 2.45) is 0 Å². The molecule has 0 saturated carbocycles. The van der Waals surface area contributed by atoms with Crippen molar-refractivity contribution in [3.05, 3.63) is 30.1 Å². The fraction of sp³-hybridized carbons (Fsp3) is 0.615. The monoisotopic (exact) mass is 220 g/mol. The molecular weight excluding hydrogens is 200 g/mol. The number of likely N-dealkylation sites (tertiary alicyclic amines) is 1. The molecule has 1 saturated heterocycles. The molecule has 88 valence electrons. The van der Waals surface area contributed by atoms with E-state index in [4.69, 9.17) is 0 Å². The van der Waals surface area contributed by atoms with Gasteiger partial charge in [0, 0.05) is 18.3 Å². The van der Waals surface area contributed by atoms with Crippen LogP contribution in [0.25, 0.3) is 0 Å². The molecule has 0 aliphatic carbocycles. The summed E-state index contributed by atoms with van der Waals surface area (Å²) in [6.45, 7) is 3.51. The number of aliphatic hydroxyl groups excluding tert-OH is 1. The topological polar surface area (TPSA) is 36.4 Å². The van der Waals surface area contributed by atoms with Gasteiger partial charge < -0.3 is 5.11 Å². The van der Waals surface area contributed by atoms with Gasteiger partial charge in [0.2, 0.25) is 0 Å². The van der Waals surface area contributed by atoms with Gasteiger partial charge in [0.05, 0.1) is 12.3 Å². The van der Waals surface area contributed by atoms with Crippen LogP contribution in [0.2, 0.25) is 0 Å². The molecule has 3 nitrogen and oxygen atoms in total. The fourth-order valence-electron chi connectivity index (χ4n) is 2.52. The van der Waals surface area contributed by atoms with Gasteiger partial charge in [-0.25, -0.2) is 0 Å². The van der Waals surface area contributed by atoms with E-state index in [0.29, 0.717) is 12.1 Å². The number of aromatic nitrogens is 1. The second-order valence-corrected chi connectivity index (χ2v) is 4.50. The van der Waals surface area contributed by atoms with Gasteiger partial charge in [-0.1, -0.05) is 12.5 Å². The molecular formula is C13H20N2O. The Morgan fingerprint density at radius 1 is 1.50 bits per heavy atom. The van der Waals surface area contributed by atoms with Crippen LogP contribution in [0, 0.1) is 0 Å². The molecule has 1 N–H and O–H groups in total. The minimum atomic E-state index is 0.261. The summed E-state index contributed by atoms with van der Waals surface area (Å²) >= 11 is 0. The van der Waals surface area contributed by atoms with Gasteiger partial charge in [-0.15, -0.1) is 0 Å². The largest absolute Gasteiger partial charge is 0.395 e. The third-order valence-electron chi connectivity index (χ3n) is 3.50. The SMILES string of the molecule is CC(c1ccccn1)N1CCCCC1CO. The molecule has 2 rings (SSSR count). The number of aliphatic hydroxyl groups is 1. The van der Waals surface area contributed by atoms with Crippen molar-refractivity contribution in [3.63, 3.8) is 0 Å². The second kappa shape index (κ2) is 5.41. The summed E-state index contributed by atoms with van der Waals surface area (Å²) in [5, 5.41) is 9.40. The van der Waals surface area contributed by atoms with E-state index in [2.05, 4.69) is 22.9 Å². The van der Waals surface area contributed by atoms with E-state index >= 15 is 0 Å². The lowest BCUT2D eigenvalue weighted by atomic mass is 9.99. The van der Waals surface area contributed by atoms with Crippen molar-refractivity contribution >= 4 is 0 Å². The van der Waals surface area contributed by atoms with E-state index in [1.54, 1.807) is 0 Å². The van der Waals surface area contributed by atoms with E-state index < -0.39 is 0 Å². The number of rotatable bonds is 3. The van der Waals surface area contributed by atoms with Crippen LogP contribution in [0.3, 0.4) is 0 Å². The van der Waals surface area contributed by atoms with Crippen LogP contribution in [-0.2, 0) is 0 Å². The van der Waals surface area contributed by atoms with Crippen LogP contribution >= 0.6 is 0 Å². The quantitative estimate of drug-likeness (QED) is 0.846. The Morgan fingerprint density at radius 2 is 2.38 bits per heavy atom. The molecule has 1 aromatic heterocycles. The maximum Gasteiger partial charge on any atom is 0.0587 e. The molecule has 2 heterocycles. The lowest BCUT2D eigenvalue weighted by molar-refractivity contribution is 0.0574. The highest BCUT2D eigenvalue weighted by Gasteiger charge is 2.26. The lowest BCUT2D eigenvalue weighted by Crippen LogP contribution is -2.43. The average molecular weight is 220 g/mol. The van der Waals surface area contributed by atoms with Crippen molar-refractivity contribution in [1.82, 2.24) is 9.88 Å². The minimum absolute atomic E-state index is 0.261. The van der Waals surface area contributed by atoms with E-state index in [0.717, 1.165) is 18.7 Å². The third-order valence-corrected chi connectivity index (χ3v) is 3.50. The predicted octanol–water partition coefficient (Wildman–Crippen LogP) is 1.99. The summed E-state index contributed by atoms with van der Waals surface area (Å²) in [4.78, 5) is 6.78. The van der Waals surface area contributed by atoms with Crippen LogP contribution in [0.1, 0.15) is 37.9 Å². The molecule has 2 unspecified atom stereocenters. The molecule has 0 bridgehead atoms. The van der Waals surface area contributed by atoms with E-state index in [1.165, 1.54) is 12.8 Å². The zero-order chi connectivity index (χ0) is 11.4. The van der Waals surface area contributed by atoms with Gasteiger partial charge in [-0.3, -0.25) is 9.88 Å². The molecule has 1 fully saturated rings. The van der Waals surface area contributed by atoms with Crippen LogP contribution in [0.15, 0.2) is 24.4 Å². The molecule has 2 atom stereocenters. The molecule has 0 spiro atoms. The predicted molar refractivity (Wildman–Crippen MR) is 64.1 cm³/mol. The molecule has 0 amide bonds. The van der Waals surface area contributed by atoms with Crippen molar-refractivity contribution in [2.75, 3.05) is 13.2 Å². The van der Waals surface area contributed by atoms with Crippen molar-refractivity contribution < 1.29 is 5.11 Å². The Balaban J connectivity index is 2.10. The first kappa shape index (κ1) is 11.6. The van der Waals surface area contributed by atoms with Crippen LogP contribution < -0.4 is 0 Å². The Bertz CT molecular complexity index is 315. The zero-order valence-electron chi connectivity index (χ0n) is 9.84. The summed E-state index contributed by atoms with van der Waals surface area (Å²) in [5.74, 6) is 0. The smallest absolute Gasteiger partial charge is 0.0587 e. The van der Waals surface area contributed by atoms with Gasteiger partial charge in [-0.2, -0.15) is 0 Å². The maximum absolute atomic E-state index is 9.40. The normalized spacial score (nSPS) is 24.2. The fourth-order valence-corrected chi connectivity index (χ4v) is 2.52. The Kier molecular flexibility index (Phi) is 3.91. The van der Waals surface area contributed by atoms with Crippen molar-refractivity contribution in [2.45, 2.75) is 38.3 Å². The van der Waals surface area contributed by atoms with Gasteiger partial charge >= 0.3 is 0 Å². The summed E-state index contributed by atoms with van der Waals surface area (Å²) < 4.78 is 0. The highest BCUT2D eigenvalue weighted by atomic mass is 16.3. The molecule has 0 aromatic carbocycles. The summed E-state index contributed by atoms with van der Waals surface area (Å²) in [6.07, 6.45) is 5.40. The van der Waals surface area contributed by atoms with Gasteiger partial charge in [0.25, 0.3) is 0 Å². The number of pyridine rings is 1. The van der Waals surface area contributed by atoms with Gasteiger partial charge in [0.15, 0.2) is 0 Å². The zero-order valence-corrected chi connectivity index (χ0v) is 9.84. The van der Waals surface area contributed by atoms with E-state index in [9.17, 15) is 5.11 Å². The molecule has 16 heavy (non-hydrogen) atoms. The minimum Gasteiger partial charge on any atom is -0.395 e. The standard InChI is InChI=1S/C13H20N2O/c1-11(13-7-2-4-8-14-13)15-9-5-3-6-12(15)10-16/h2,4,7-8,11-12,16H,3,5-6,9-10H2,1H3. The second-order valence-electron chi connectivity index (χ2n) is 4.50.